The molecule has 1 fully saturated rings. The minimum atomic E-state index is 0.883. The van der Waals surface area contributed by atoms with Crippen LogP contribution < -0.4 is 0 Å². The van der Waals surface area contributed by atoms with Gasteiger partial charge in [-0.15, -0.1) is 0 Å². The topological polar surface area (TPSA) is 0 Å². The first kappa shape index (κ1) is 31.4. The molecular weight excluding hydrogens is 753 g/mol. The minimum Gasteiger partial charge on any atom is -0.0885 e. The summed E-state index contributed by atoms with van der Waals surface area (Å²) in [5.41, 5.74) is 1.50. The second-order valence-electron chi connectivity index (χ2n) is 10.5. The molecule has 0 nitrogen and oxygen atoms in total. The van der Waals surface area contributed by atoms with Gasteiger partial charge in [-0.2, -0.15) is 0 Å². The van der Waals surface area contributed by atoms with E-state index in [1.807, 2.05) is 0 Å². The van der Waals surface area contributed by atoms with Crippen molar-refractivity contribution in [3.8, 4) is 0 Å². The summed E-state index contributed by atoms with van der Waals surface area (Å²) in [6, 6.07) is 11.0. The van der Waals surface area contributed by atoms with Gasteiger partial charge < -0.3 is 0 Å². The maximum absolute atomic E-state index is 2.78. The summed E-state index contributed by atoms with van der Waals surface area (Å²) in [7, 11) is 0. The summed E-state index contributed by atoms with van der Waals surface area (Å²) in [5, 5.41) is 0. The number of alkyl halides is 3. The summed E-state index contributed by atoms with van der Waals surface area (Å²) in [4.78, 5) is 0. The van der Waals surface area contributed by atoms with Crippen LogP contribution in [0.2, 0.25) is 0 Å². The number of aryl methyl sites for hydroxylation is 1. The van der Waals surface area contributed by atoms with Gasteiger partial charge >= 0.3 is 0 Å². The number of rotatable bonds is 19. The lowest BCUT2D eigenvalue weighted by Gasteiger charge is -2.25. The minimum absolute atomic E-state index is 0.883. The number of allylic oxidation sites excluding steroid dienone is 2. The van der Waals surface area contributed by atoms with Crippen LogP contribution in [-0.4, -0.2) is 12.3 Å². The van der Waals surface area contributed by atoms with Gasteiger partial charge in [0.25, 0.3) is 0 Å². The van der Waals surface area contributed by atoms with E-state index in [0.717, 1.165) is 25.6 Å². The van der Waals surface area contributed by atoms with Crippen molar-refractivity contribution < 1.29 is 0 Å². The molecule has 0 bridgehead atoms. The predicted molar refractivity (Wildman–Crippen MR) is 179 cm³/mol. The number of hydrogen-bond donors (Lipinski definition) is 0. The first-order chi connectivity index (χ1) is 16.7. The molecule has 0 radical (unpaired) electrons. The third-order valence-corrected chi connectivity index (χ3v) is 11.3. The molecule has 0 spiro atoms. The Morgan fingerprint density at radius 2 is 1.59 bits per heavy atom. The molecule has 0 amide bonds. The van der Waals surface area contributed by atoms with Gasteiger partial charge in [-0.25, -0.2) is 0 Å². The van der Waals surface area contributed by atoms with E-state index in [9.17, 15) is 0 Å². The Bertz CT molecular complexity index is 629. The Hall–Kier alpha value is 1.15. The Kier molecular flexibility index (Phi) is 18.6. The summed E-state index contributed by atoms with van der Waals surface area (Å²) < 4.78 is 3.06. The van der Waals surface area contributed by atoms with Gasteiger partial charge in [-0.05, 0) is 85.5 Å². The molecular formula is C31H49I3. The Morgan fingerprint density at radius 1 is 0.882 bits per heavy atom. The molecule has 1 aliphatic rings. The van der Waals surface area contributed by atoms with E-state index < -0.39 is 0 Å². The first-order valence-electron chi connectivity index (χ1n) is 14.2. The average Bonchev–Trinajstić information content (AvgIpc) is 3.16. The highest BCUT2D eigenvalue weighted by atomic mass is 127. The number of halogens is 3. The van der Waals surface area contributed by atoms with Gasteiger partial charge in [-0.1, -0.05) is 162 Å². The third-order valence-electron chi connectivity index (χ3n) is 7.89. The highest BCUT2D eigenvalue weighted by Crippen LogP contribution is 2.47. The molecule has 1 aliphatic carbocycles. The predicted octanol–water partition coefficient (Wildman–Crippen LogP) is 11.6. The monoisotopic (exact) mass is 802 g/mol. The van der Waals surface area contributed by atoms with Crippen LogP contribution in [0.5, 0.6) is 0 Å². The second kappa shape index (κ2) is 20.2. The molecule has 3 heteroatoms. The zero-order valence-electron chi connectivity index (χ0n) is 21.6. The molecule has 5 atom stereocenters. The molecule has 1 saturated carbocycles. The standard InChI is InChI=1S/C31H49I3/c1-2-27-25-31(34)30(21-15-8-9-16-24-32)29(27)23-22-28(33)20-14-7-5-3-4-6-11-17-26-18-12-10-13-19-26/h8,10,12-13,15,18-19,27-31H,2-7,9,11,14,16-17,20-25H2,1H3/b15-8-/t27-,28+,29+,30-,31+/m1/s1. The summed E-state index contributed by atoms with van der Waals surface area (Å²) in [6.45, 7) is 2.43. The fourth-order valence-corrected chi connectivity index (χ4v) is 8.53. The SMILES string of the molecule is CC[C@@H]1C[C@H](I)[C@H](C/C=C\CCCI)[C@H]1CC[C@@H](I)CCCCCCCCCc1ccccc1. The molecule has 0 aromatic heterocycles. The van der Waals surface area contributed by atoms with Gasteiger partial charge in [-0.3, -0.25) is 0 Å². The maximum atomic E-state index is 2.78. The van der Waals surface area contributed by atoms with Crippen LogP contribution in [-0.2, 0) is 6.42 Å². The van der Waals surface area contributed by atoms with Crippen LogP contribution in [0.1, 0.15) is 109 Å². The lowest BCUT2D eigenvalue weighted by Crippen LogP contribution is -2.18. The van der Waals surface area contributed by atoms with Crippen LogP contribution in [0.25, 0.3) is 0 Å². The van der Waals surface area contributed by atoms with Crippen molar-refractivity contribution in [2.24, 2.45) is 17.8 Å². The van der Waals surface area contributed by atoms with E-state index in [2.05, 4.69) is 117 Å². The summed E-state index contributed by atoms with van der Waals surface area (Å²) >= 11 is 8.05. The van der Waals surface area contributed by atoms with Crippen molar-refractivity contribution in [2.45, 2.75) is 118 Å². The third kappa shape index (κ3) is 13.1. The van der Waals surface area contributed by atoms with Crippen LogP contribution >= 0.6 is 67.8 Å². The van der Waals surface area contributed by atoms with Crippen molar-refractivity contribution in [3.05, 3.63) is 48.0 Å². The summed E-state index contributed by atoms with van der Waals surface area (Å²) in [6.07, 6.45) is 27.3. The Balaban J connectivity index is 1.54. The molecule has 0 saturated heterocycles. The summed E-state index contributed by atoms with van der Waals surface area (Å²) in [5.74, 6) is 2.86. The van der Waals surface area contributed by atoms with Crippen molar-refractivity contribution in [1.82, 2.24) is 0 Å². The van der Waals surface area contributed by atoms with E-state index in [-0.39, 0.29) is 0 Å². The zero-order valence-corrected chi connectivity index (χ0v) is 28.1. The fraction of sp³-hybridized carbons (Fsp3) is 0.742. The highest BCUT2D eigenvalue weighted by molar-refractivity contribution is 14.1. The average molecular weight is 802 g/mol. The smallest absolute Gasteiger partial charge is 0.0146 e. The molecule has 0 heterocycles. The van der Waals surface area contributed by atoms with Crippen molar-refractivity contribution >= 4 is 67.8 Å². The molecule has 1 aromatic rings. The quantitative estimate of drug-likeness (QED) is 0.0566. The molecule has 0 unspecified atom stereocenters. The van der Waals surface area contributed by atoms with Crippen LogP contribution in [0.3, 0.4) is 0 Å². The first-order valence-corrected chi connectivity index (χ1v) is 18.2. The van der Waals surface area contributed by atoms with Crippen molar-refractivity contribution in [1.29, 1.82) is 0 Å². The van der Waals surface area contributed by atoms with E-state index in [0.29, 0.717) is 0 Å². The molecule has 1 aromatic carbocycles. The van der Waals surface area contributed by atoms with E-state index in [1.54, 1.807) is 0 Å². The van der Waals surface area contributed by atoms with Crippen molar-refractivity contribution in [3.63, 3.8) is 0 Å². The van der Waals surface area contributed by atoms with Gasteiger partial charge in [0, 0.05) is 7.85 Å². The lowest BCUT2D eigenvalue weighted by molar-refractivity contribution is 0.281. The van der Waals surface area contributed by atoms with Crippen LogP contribution in [0, 0.1) is 17.8 Å². The van der Waals surface area contributed by atoms with Crippen molar-refractivity contribution in [2.75, 3.05) is 4.43 Å². The normalized spacial score (nSPS) is 23.6. The van der Waals surface area contributed by atoms with Gasteiger partial charge in [0.2, 0.25) is 0 Å². The fourth-order valence-electron chi connectivity index (χ4n) is 5.81. The molecule has 34 heavy (non-hydrogen) atoms. The number of benzene rings is 1. The van der Waals surface area contributed by atoms with E-state index in [4.69, 9.17) is 0 Å². The van der Waals surface area contributed by atoms with E-state index >= 15 is 0 Å². The molecule has 194 valence electrons. The van der Waals surface area contributed by atoms with Gasteiger partial charge in [0.1, 0.15) is 0 Å². The van der Waals surface area contributed by atoms with Crippen LogP contribution in [0.4, 0.5) is 0 Å². The largest absolute Gasteiger partial charge is 0.0885 e. The highest BCUT2D eigenvalue weighted by Gasteiger charge is 2.39. The van der Waals surface area contributed by atoms with Crippen LogP contribution in [0.15, 0.2) is 42.5 Å². The molecule has 0 aliphatic heterocycles. The Morgan fingerprint density at radius 3 is 2.29 bits per heavy atom. The van der Waals surface area contributed by atoms with Gasteiger partial charge in [0.15, 0.2) is 0 Å². The lowest BCUT2D eigenvalue weighted by atomic mass is 9.82. The maximum Gasteiger partial charge on any atom is 0.0146 e. The Labute approximate surface area is 253 Å². The zero-order chi connectivity index (χ0) is 24.4. The van der Waals surface area contributed by atoms with E-state index in [1.165, 1.54) is 113 Å². The second-order valence-corrected chi connectivity index (χ2v) is 14.9. The number of unbranched alkanes of at least 4 members (excludes halogenated alkanes) is 7. The van der Waals surface area contributed by atoms with Gasteiger partial charge in [0.05, 0.1) is 0 Å². The molecule has 0 N–H and O–H groups in total. The molecule has 2 rings (SSSR count). The number of hydrogen-bond acceptors (Lipinski definition) is 0.